The highest BCUT2D eigenvalue weighted by Crippen LogP contribution is 2.12. The second-order valence-electron chi connectivity index (χ2n) is 7.57. The van der Waals surface area contributed by atoms with Crippen LogP contribution in [0.15, 0.2) is 48.8 Å². The summed E-state index contributed by atoms with van der Waals surface area (Å²) in [5.74, 6) is 0.472. The molecule has 0 aliphatic carbocycles. The number of nitrogens with one attached hydrogen (secondary N) is 2. The summed E-state index contributed by atoms with van der Waals surface area (Å²) in [4.78, 5) is 32.1. The number of aromatic nitrogens is 1. The molecule has 7 heteroatoms. The van der Waals surface area contributed by atoms with Gasteiger partial charge in [0, 0.05) is 23.5 Å². The summed E-state index contributed by atoms with van der Waals surface area (Å²) in [7, 11) is 0. The molecule has 1 aliphatic rings. The number of pyridine rings is 1. The van der Waals surface area contributed by atoms with E-state index in [1.807, 2.05) is 29.4 Å². The van der Waals surface area contributed by atoms with Crippen molar-refractivity contribution in [3.8, 4) is 5.75 Å². The zero-order valence-corrected chi connectivity index (χ0v) is 17.6. The molecule has 0 unspecified atom stereocenters. The summed E-state index contributed by atoms with van der Waals surface area (Å²) in [6.45, 7) is 6.98. The lowest BCUT2D eigenvalue weighted by Gasteiger charge is -2.32. The van der Waals surface area contributed by atoms with Gasteiger partial charge in [0.1, 0.15) is 12.3 Å². The molecular formula is C23H31N4O3+. The SMILES string of the molecule is CCCCOc1ccc(C(=O)NCC(=O)N2CC[NH+](Cc3ccncc3)CC2)cc1. The van der Waals surface area contributed by atoms with Gasteiger partial charge in [-0.3, -0.25) is 14.6 Å². The fourth-order valence-corrected chi connectivity index (χ4v) is 3.45. The van der Waals surface area contributed by atoms with E-state index in [0.717, 1.165) is 38.2 Å². The monoisotopic (exact) mass is 411 g/mol. The smallest absolute Gasteiger partial charge is 0.251 e. The van der Waals surface area contributed by atoms with Gasteiger partial charge in [-0.15, -0.1) is 0 Å². The van der Waals surface area contributed by atoms with E-state index in [9.17, 15) is 9.59 Å². The molecule has 7 nitrogen and oxygen atoms in total. The Kier molecular flexibility index (Phi) is 8.20. The highest BCUT2D eigenvalue weighted by molar-refractivity contribution is 5.96. The van der Waals surface area contributed by atoms with Gasteiger partial charge in [-0.25, -0.2) is 0 Å². The number of hydrogen-bond donors (Lipinski definition) is 2. The van der Waals surface area contributed by atoms with Crippen LogP contribution in [0.25, 0.3) is 0 Å². The van der Waals surface area contributed by atoms with Crippen molar-refractivity contribution in [3.63, 3.8) is 0 Å². The van der Waals surface area contributed by atoms with Crippen LogP contribution in [-0.4, -0.2) is 61.0 Å². The van der Waals surface area contributed by atoms with E-state index in [2.05, 4.69) is 17.2 Å². The van der Waals surface area contributed by atoms with Crippen LogP contribution in [-0.2, 0) is 11.3 Å². The second-order valence-corrected chi connectivity index (χ2v) is 7.57. The van der Waals surface area contributed by atoms with Crippen molar-refractivity contribution in [1.29, 1.82) is 0 Å². The summed E-state index contributed by atoms with van der Waals surface area (Å²) in [5, 5.41) is 2.73. The maximum absolute atomic E-state index is 12.5. The van der Waals surface area contributed by atoms with Gasteiger partial charge in [0.15, 0.2) is 0 Å². The molecule has 160 valence electrons. The Morgan fingerprint density at radius 3 is 2.47 bits per heavy atom. The first kappa shape index (κ1) is 21.8. The predicted molar refractivity (Wildman–Crippen MR) is 114 cm³/mol. The molecule has 0 spiro atoms. The Bertz CT molecular complexity index is 803. The van der Waals surface area contributed by atoms with Crippen LogP contribution >= 0.6 is 0 Å². The number of carbonyl (C=O) groups is 2. The van der Waals surface area contributed by atoms with Gasteiger partial charge in [0.25, 0.3) is 5.91 Å². The Hall–Kier alpha value is -2.93. The minimum atomic E-state index is -0.245. The Morgan fingerprint density at radius 2 is 1.80 bits per heavy atom. The third kappa shape index (κ3) is 6.56. The maximum Gasteiger partial charge on any atom is 0.251 e. The minimum absolute atomic E-state index is 0.0211. The lowest BCUT2D eigenvalue weighted by atomic mass is 10.2. The zero-order chi connectivity index (χ0) is 21.2. The van der Waals surface area contributed by atoms with Crippen LogP contribution in [0.4, 0.5) is 0 Å². The second kappa shape index (κ2) is 11.3. The largest absolute Gasteiger partial charge is 0.494 e. The van der Waals surface area contributed by atoms with Crippen LogP contribution in [0.1, 0.15) is 35.7 Å². The summed E-state index contributed by atoms with van der Waals surface area (Å²) >= 11 is 0. The number of amides is 2. The lowest BCUT2D eigenvalue weighted by molar-refractivity contribution is -0.917. The molecule has 1 saturated heterocycles. The molecule has 1 aromatic carbocycles. The third-order valence-electron chi connectivity index (χ3n) is 5.31. The van der Waals surface area contributed by atoms with Gasteiger partial charge in [-0.1, -0.05) is 13.3 Å². The fourth-order valence-electron chi connectivity index (χ4n) is 3.45. The quantitative estimate of drug-likeness (QED) is 0.602. The molecular weight excluding hydrogens is 380 g/mol. The number of piperazine rings is 1. The molecule has 0 bridgehead atoms. The van der Waals surface area contributed by atoms with E-state index >= 15 is 0 Å². The highest BCUT2D eigenvalue weighted by Gasteiger charge is 2.24. The molecule has 0 radical (unpaired) electrons. The highest BCUT2D eigenvalue weighted by atomic mass is 16.5. The average Bonchev–Trinajstić information content (AvgIpc) is 2.79. The zero-order valence-electron chi connectivity index (χ0n) is 17.6. The van der Waals surface area contributed by atoms with Gasteiger partial charge in [0.2, 0.25) is 5.91 Å². The summed E-state index contributed by atoms with van der Waals surface area (Å²) < 4.78 is 5.61. The average molecular weight is 412 g/mol. The number of unbranched alkanes of at least 4 members (excludes halogenated alkanes) is 1. The standard InChI is InChI=1S/C23H30N4O3/c1-2-3-16-30-21-6-4-20(5-7-21)23(29)25-17-22(28)27-14-12-26(13-15-27)18-19-8-10-24-11-9-19/h4-11H,2-3,12-18H2,1H3,(H,25,29)/p+1. The molecule has 1 aromatic heterocycles. The van der Waals surface area contributed by atoms with E-state index in [1.54, 1.807) is 24.3 Å². The van der Waals surface area contributed by atoms with Crippen molar-refractivity contribution < 1.29 is 19.2 Å². The van der Waals surface area contributed by atoms with Gasteiger partial charge >= 0.3 is 0 Å². The van der Waals surface area contributed by atoms with E-state index in [0.29, 0.717) is 25.3 Å². The van der Waals surface area contributed by atoms with Crippen molar-refractivity contribution in [1.82, 2.24) is 15.2 Å². The first-order valence-electron chi connectivity index (χ1n) is 10.7. The summed E-state index contributed by atoms with van der Waals surface area (Å²) in [6.07, 6.45) is 5.70. The number of rotatable bonds is 9. The first-order chi connectivity index (χ1) is 14.7. The number of hydrogen-bond acceptors (Lipinski definition) is 4. The van der Waals surface area contributed by atoms with Crippen molar-refractivity contribution >= 4 is 11.8 Å². The molecule has 2 N–H and O–H groups in total. The van der Waals surface area contributed by atoms with Gasteiger partial charge < -0.3 is 19.9 Å². The summed E-state index contributed by atoms with van der Waals surface area (Å²) in [6, 6.07) is 11.1. The van der Waals surface area contributed by atoms with Crippen LogP contribution in [0.3, 0.4) is 0 Å². The maximum atomic E-state index is 12.5. The molecule has 1 fully saturated rings. The number of benzene rings is 1. The predicted octanol–water partition coefficient (Wildman–Crippen LogP) is 0.918. The number of nitrogens with zero attached hydrogens (tertiary/aromatic N) is 2. The molecule has 0 atom stereocenters. The van der Waals surface area contributed by atoms with Crippen LogP contribution in [0.2, 0.25) is 0 Å². The van der Waals surface area contributed by atoms with E-state index in [1.165, 1.54) is 10.5 Å². The number of carbonyl (C=O) groups excluding carboxylic acids is 2. The van der Waals surface area contributed by atoms with Crippen molar-refractivity contribution in [3.05, 3.63) is 59.9 Å². The third-order valence-corrected chi connectivity index (χ3v) is 5.31. The van der Waals surface area contributed by atoms with Crippen molar-refractivity contribution in [2.24, 2.45) is 0 Å². The molecule has 2 aromatic rings. The van der Waals surface area contributed by atoms with E-state index < -0.39 is 0 Å². The van der Waals surface area contributed by atoms with Gasteiger partial charge in [-0.05, 0) is 42.8 Å². The molecule has 0 saturated carbocycles. The number of ether oxygens (including phenoxy) is 1. The topological polar surface area (TPSA) is 76.0 Å². The normalized spacial score (nSPS) is 14.4. The number of quaternary nitrogens is 1. The Labute approximate surface area is 178 Å². The molecule has 1 aliphatic heterocycles. The van der Waals surface area contributed by atoms with Crippen LogP contribution in [0, 0.1) is 0 Å². The minimum Gasteiger partial charge on any atom is -0.494 e. The van der Waals surface area contributed by atoms with Gasteiger partial charge in [-0.2, -0.15) is 0 Å². The summed E-state index contributed by atoms with van der Waals surface area (Å²) in [5.41, 5.74) is 1.78. The lowest BCUT2D eigenvalue weighted by Crippen LogP contribution is -3.13. The molecule has 2 amide bonds. The first-order valence-corrected chi connectivity index (χ1v) is 10.7. The Balaban J connectivity index is 1.38. The fraction of sp³-hybridized carbons (Fsp3) is 0.435. The Morgan fingerprint density at radius 1 is 1.10 bits per heavy atom. The van der Waals surface area contributed by atoms with E-state index in [-0.39, 0.29) is 18.4 Å². The van der Waals surface area contributed by atoms with E-state index in [4.69, 9.17) is 4.74 Å². The molecule has 3 rings (SSSR count). The van der Waals surface area contributed by atoms with Crippen LogP contribution in [0.5, 0.6) is 5.75 Å². The molecule has 2 heterocycles. The van der Waals surface area contributed by atoms with Crippen molar-refractivity contribution in [2.75, 3.05) is 39.3 Å². The van der Waals surface area contributed by atoms with Crippen molar-refractivity contribution in [2.45, 2.75) is 26.3 Å². The van der Waals surface area contributed by atoms with Crippen LogP contribution < -0.4 is 15.0 Å². The van der Waals surface area contributed by atoms with Gasteiger partial charge in [0.05, 0.1) is 39.3 Å². The molecule has 30 heavy (non-hydrogen) atoms.